The van der Waals surface area contributed by atoms with Crippen LogP contribution in [0.15, 0.2) is 24.3 Å². The minimum atomic E-state index is -0.730. The van der Waals surface area contributed by atoms with Gasteiger partial charge >= 0.3 is 5.97 Å². The predicted octanol–water partition coefficient (Wildman–Crippen LogP) is 3.11. The fourth-order valence-corrected chi connectivity index (χ4v) is 3.31. The van der Waals surface area contributed by atoms with Crippen LogP contribution in [0.2, 0.25) is 0 Å². The van der Waals surface area contributed by atoms with Crippen LogP contribution in [0.25, 0.3) is 0 Å². The molecule has 1 N–H and O–H groups in total. The molecule has 1 heterocycles. The zero-order valence-electron chi connectivity index (χ0n) is 12.0. The van der Waals surface area contributed by atoms with E-state index in [1.807, 2.05) is 18.2 Å². The van der Waals surface area contributed by atoms with Crippen LogP contribution in [-0.4, -0.2) is 28.6 Å². The van der Waals surface area contributed by atoms with Crippen LogP contribution in [0, 0.1) is 5.92 Å². The van der Waals surface area contributed by atoms with Crippen molar-refractivity contribution >= 4 is 5.97 Å². The molecule has 0 radical (unpaired) electrons. The number of hydrogen-bond acceptors (Lipinski definition) is 2. The number of rotatable bonds is 4. The molecule has 2 rings (SSSR count). The van der Waals surface area contributed by atoms with Crippen LogP contribution >= 0.6 is 0 Å². The van der Waals surface area contributed by atoms with E-state index < -0.39 is 12.0 Å². The lowest BCUT2D eigenvalue weighted by Gasteiger charge is -2.41. The van der Waals surface area contributed by atoms with E-state index in [1.54, 1.807) is 0 Å². The third-order valence-corrected chi connectivity index (χ3v) is 4.17. The Labute approximate surface area is 115 Å². The lowest BCUT2D eigenvalue weighted by molar-refractivity contribution is -0.145. The summed E-state index contributed by atoms with van der Waals surface area (Å²) in [7, 11) is 0. The highest BCUT2D eigenvalue weighted by atomic mass is 16.4. The third kappa shape index (κ3) is 2.66. The Balaban J connectivity index is 2.39. The maximum atomic E-state index is 11.7. The highest BCUT2D eigenvalue weighted by molar-refractivity contribution is 5.76. The van der Waals surface area contributed by atoms with Gasteiger partial charge in [0.25, 0.3) is 0 Å². The molecule has 104 valence electrons. The quantitative estimate of drug-likeness (QED) is 0.905. The number of carboxylic acid groups (broad SMARTS) is 1. The molecule has 19 heavy (non-hydrogen) atoms. The van der Waals surface area contributed by atoms with Crippen molar-refractivity contribution in [2.45, 2.75) is 45.7 Å². The molecule has 0 aliphatic carbocycles. The summed E-state index contributed by atoms with van der Waals surface area (Å²) in [6.07, 6.45) is 1.94. The second kappa shape index (κ2) is 5.74. The van der Waals surface area contributed by atoms with Crippen LogP contribution in [0.5, 0.6) is 0 Å². The molecule has 1 aromatic carbocycles. The maximum Gasteiger partial charge on any atom is 0.325 e. The van der Waals surface area contributed by atoms with Crippen molar-refractivity contribution in [2.24, 2.45) is 5.92 Å². The number of carboxylic acids is 1. The van der Waals surface area contributed by atoms with Gasteiger partial charge in [-0.25, -0.2) is 0 Å². The van der Waals surface area contributed by atoms with Gasteiger partial charge in [-0.2, -0.15) is 0 Å². The minimum absolute atomic E-state index is 0.328. The summed E-state index contributed by atoms with van der Waals surface area (Å²) in [5, 5.41) is 9.64. The highest BCUT2D eigenvalue weighted by Crippen LogP contribution is 2.33. The summed E-state index contributed by atoms with van der Waals surface area (Å²) in [5.74, 6) is -0.261. The number of carbonyl (C=O) groups is 1. The summed E-state index contributed by atoms with van der Waals surface area (Å²) in [6.45, 7) is 7.33. The Morgan fingerprint density at radius 3 is 2.68 bits per heavy atom. The molecule has 0 aromatic heterocycles. The lowest BCUT2D eigenvalue weighted by Crippen LogP contribution is -2.47. The fourth-order valence-electron chi connectivity index (χ4n) is 3.31. The van der Waals surface area contributed by atoms with Gasteiger partial charge in [0, 0.05) is 12.6 Å². The van der Waals surface area contributed by atoms with E-state index in [2.05, 4.69) is 31.7 Å². The van der Waals surface area contributed by atoms with Gasteiger partial charge in [0.1, 0.15) is 6.04 Å². The molecule has 0 amide bonds. The van der Waals surface area contributed by atoms with Crippen molar-refractivity contribution in [3.8, 4) is 0 Å². The van der Waals surface area contributed by atoms with Crippen molar-refractivity contribution in [3.63, 3.8) is 0 Å². The topological polar surface area (TPSA) is 40.5 Å². The molecule has 0 saturated carbocycles. The van der Waals surface area contributed by atoms with E-state index in [-0.39, 0.29) is 0 Å². The largest absolute Gasteiger partial charge is 0.480 e. The zero-order valence-corrected chi connectivity index (χ0v) is 12.0. The van der Waals surface area contributed by atoms with E-state index in [4.69, 9.17) is 0 Å². The van der Waals surface area contributed by atoms with E-state index >= 15 is 0 Å². The number of fused-ring (bicyclic) bond motifs is 1. The Morgan fingerprint density at radius 1 is 1.42 bits per heavy atom. The summed E-state index contributed by atoms with van der Waals surface area (Å²) in [6, 6.07) is 7.79. The van der Waals surface area contributed by atoms with Crippen LogP contribution in [0.4, 0.5) is 0 Å². The molecule has 1 aromatic rings. The van der Waals surface area contributed by atoms with Gasteiger partial charge in [-0.3, -0.25) is 9.69 Å². The smallest absolute Gasteiger partial charge is 0.325 e. The normalized spacial score (nSPS) is 21.2. The number of hydrogen-bond donors (Lipinski definition) is 1. The number of aliphatic carboxylic acids is 1. The van der Waals surface area contributed by atoms with Crippen molar-refractivity contribution in [2.75, 3.05) is 6.54 Å². The SMILES string of the molecule is CCC(C(C)C)N1CCc2ccccc2C1C(=O)O. The molecule has 1 aliphatic rings. The Kier molecular flexibility index (Phi) is 4.25. The number of benzene rings is 1. The maximum absolute atomic E-state index is 11.7. The Morgan fingerprint density at radius 2 is 2.11 bits per heavy atom. The molecular formula is C16H23NO2. The van der Waals surface area contributed by atoms with Crippen LogP contribution in [0.3, 0.4) is 0 Å². The third-order valence-electron chi connectivity index (χ3n) is 4.17. The van der Waals surface area contributed by atoms with Crippen molar-refractivity contribution in [3.05, 3.63) is 35.4 Å². The predicted molar refractivity (Wildman–Crippen MR) is 76.1 cm³/mol. The Hall–Kier alpha value is -1.35. The molecule has 0 bridgehead atoms. The molecule has 2 atom stereocenters. The monoisotopic (exact) mass is 261 g/mol. The molecule has 2 unspecified atom stereocenters. The van der Waals surface area contributed by atoms with Gasteiger partial charge in [-0.1, -0.05) is 45.0 Å². The standard InChI is InChI=1S/C16H23NO2/c1-4-14(11(2)3)17-10-9-12-7-5-6-8-13(12)15(17)16(18)19/h5-8,11,14-15H,4,9-10H2,1-3H3,(H,18,19). The van der Waals surface area contributed by atoms with Crippen LogP contribution < -0.4 is 0 Å². The van der Waals surface area contributed by atoms with Gasteiger partial charge in [-0.05, 0) is 29.9 Å². The summed E-state index contributed by atoms with van der Waals surface area (Å²) >= 11 is 0. The van der Waals surface area contributed by atoms with E-state index in [0.717, 1.165) is 24.9 Å². The summed E-state index contributed by atoms with van der Waals surface area (Å²) in [5.41, 5.74) is 2.16. The second-order valence-electron chi connectivity index (χ2n) is 5.65. The molecule has 3 heteroatoms. The first-order valence-electron chi connectivity index (χ1n) is 7.12. The molecule has 0 fully saturated rings. The Bertz CT molecular complexity index is 456. The fraction of sp³-hybridized carbons (Fsp3) is 0.562. The average Bonchev–Trinajstić information content (AvgIpc) is 2.38. The van der Waals surface area contributed by atoms with E-state index in [0.29, 0.717) is 12.0 Å². The first kappa shape index (κ1) is 14.1. The zero-order chi connectivity index (χ0) is 14.0. The van der Waals surface area contributed by atoms with Gasteiger partial charge in [-0.15, -0.1) is 0 Å². The molecule has 0 saturated heterocycles. The van der Waals surface area contributed by atoms with Crippen LogP contribution in [-0.2, 0) is 11.2 Å². The molecule has 1 aliphatic heterocycles. The van der Waals surface area contributed by atoms with Crippen molar-refractivity contribution in [1.82, 2.24) is 4.90 Å². The van der Waals surface area contributed by atoms with Gasteiger partial charge in [0.05, 0.1) is 0 Å². The van der Waals surface area contributed by atoms with Crippen molar-refractivity contribution in [1.29, 1.82) is 0 Å². The average molecular weight is 261 g/mol. The molecule has 3 nitrogen and oxygen atoms in total. The van der Waals surface area contributed by atoms with Crippen LogP contribution in [0.1, 0.15) is 44.4 Å². The number of nitrogens with zero attached hydrogens (tertiary/aromatic N) is 1. The van der Waals surface area contributed by atoms with Gasteiger partial charge in [0.2, 0.25) is 0 Å². The first-order valence-corrected chi connectivity index (χ1v) is 7.12. The second-order valence-corrected chi connectivity index (χ2v) is 5.65. The van der Waals surface area contributed by atoms with E-state index in [9.17, 15) is 9.90 Å². The lowest BCUT2D eigenvalue weighted by atomic mass is 9.88. The summed E-state index contributed by atoms with van der Waals surface area (Å²) in [4.78, 5) is 13.9. The first-order chi connectivity index (χ1) is 9.06. The van der Waals surface area contributed by atoms with Gasteiger partial charge < -0.3 is 5.11 Å². The van der Waals surface area contributed by atoms with E-state index in [1.165, 1.54) is 5.56 Å². The van der Waals surface area contributed by atoms with Gasteiger partial charge in [0.15, 0.2) is 0 Å². The van der Waals surface area contributed by atoms with Crippen molar-refractivity contribution < 1.29 is 9.90 Å². The molecule has 0 spiro atoms. The highest BCUT2D eigenvalue weighted by Gasteiger charge is 2.36. The molecular weight excluding hydrogens is 238 g/mol. The minimum Gasteiger partial charge on any atom is -0.480 e. The summed E-state index contributed by atoms with van der Waals surface area (Å²) < 4.78 is 0.